The fraction of sp³-hybridized carbons (Fsp3) is 0.393. The summed E-state index contributed by atoms with van der Waals surface area (Å²) in [6, 6.07) is 24.2. The third-order valence-electron chi connectivity index (χ3n) is 7.35. The summed E-state index contributed by atoms with van der Waals surface area (Å²) in [6.07, 6.45) is 1.20. The lowest BCUT2D eigenvalue weighted by atomic mass is 9.96. The van der Waals surface area contributed by atoms with E-state index in [1.807, 2.05) is 35.2 Å². The standard InChI is InChI=1S/C28H33N3O3S/c32-28(25-13-15-31(16-14-25)35(33,34)22-23-7-2-1-3-8-23)30-19-17-29(18-20-30)21-26-11-6-10-24-9-4-5-12-27(24)26/h1-12,25H,13-22H2. The van der Waals surface area contributed by atoms with E-state index in [1.165, 1.54) is 16.3 Å². The van der Waals surface area contributed by atoms with Gasteiger partial charge in [0.2, 0.25) is 15.9 Å². The highest BCUT2D eigenvalue weighted by atomic mass is 32.2. The SMILES string of the molecule is O=C(C1CCN(S(=O)(=O)Cc2ccccc2)CC1)N1CCN(Cc2cccc3ccccc23)CC1. The number of carbonyl (C=O) groups excluding carboxylic acids is 1. The van der Waals surface area contributed by atoms with Crippen LogP contribution in [0.15, 0.2) is 72.8 Å². The molecule has 2 aliphatic heterocycles. The topological polar surface area (TPSA) is 60.9 Å². The molecule has 0 N–H and O–H groups in total. The van der Waals surface area contributed by atoms with Crippen molar-refractivity contribution in [1.82, 2.24) is 14.1 Å². The van der Waals surface area contributed by atoms with Crippen molar-refractivity contribution < 1.29 is 13.2 Å². The molecule has 0 radical (unpaired) electrons. The van der Waals surface area contributed by atoms with Crippen molar-refractivity contribution in [2.24, 2.45) is 5.92 Å². The van der Waals surface area contributed by atoms with Gasteiger partial charge in [0.25, 0.3) is 0 Å². The Kier molecular flexibility index (Phi) is 7.18. The van der Waals surface area contributed by atoms with E-state index in [0.29, 0.717) is 25.9 Å². The monoisotopic (exact) mass is 491 g/mol. The van der Waals surface area contributed by atoms with Crippen molar-refractivity contribution in [3.63, 3.8) is 0 Å². The van der Waals surface area contributed by atoms with Gasteiger partial charge < -0.3 is 4.90 Å². The summed E-state index contributed by atoms with van der Waals surface area (Å²) in [6.45, 7) is 4.92. The maximum atomic E-state index is 13.2. The molecule has 2 saturated heterocycles. The summed E-state index contributed by atoms with van der Waals surface area (Å²) in [7, 11) is -3.36. The highest BCUT2D eigenvalue weighted by Crippen LogP contribution is 2.25. The second kappa shape index (κ2) is 10.5. The number of piperidine rings is 1. The fourth-order valence-corrected chi connectivity index (χ4v) is 6.88. The Morgan fingerprint density at radius 2 is 1.43 bits per heavy atom. The Bertz CT molecular complexity index is 1260. The molecule has 0 saturated carbocycles. The number of sulfonamides is 1. The number of fused-ring (bicyclic) bond motifs is 1. The van der Waals surface area contributed by atoms with Gasteiger partial charge in [0.05, 0.1) is 5.75 Å². The highest BCUT2D eigenvalue weighted by Gasteiger charge is 2.34. The number of rotatable bonds is 6. The van der Waals surface area contributed by atoms with Gasteiger partial charge in [-0.15, -0.1) is 0 Å². The number of amides is 1. The average molecular weight is 492 g/mol. The van der Waals surface area contributed by atoms with Crippen LogP contribution in [-0.4, -0.2) is 67.7 Å². The van der Waals surface area contributed by atoms with Crippen LogP contribution in [0.4, 0.5) is 0 Å². The summed E-state index contributed by atoms with van der Waals surface area (Å²) < 4.78 is 27.2. The number of nitrogens with zero attached hydrogens (tertiary/aromatic N) is 3. The Hall–Kier alpha value is -2.74. The van der Waals surface area contributed by atoms with E-state index < -0.39 is 10.0 Å². The number of benzene rings is 3. The molecule has 184 valence electrons. The molecule has 2 heterocycles. The smallest absolute Gasteiger partial charge is 0.225 e. The molecule has 0 aromatic heterocycles. The maximum absolute atomic E-state index is 13.2. The van der Waals surface area contributed by atoms with Crippen molar-refractivity contribution in [2.75, 3.05) is 39.3 Å². The number of piperazine rings is 1. The lowest BCUT2D eigenvalue weighted by Crippen LogP contribution is -2.51. The Balaban J connectivity index is 1.11. The third-order valence-corrected chi connectivity index (χ3v) is 9.20. The molecule has 0 bridgehead atoms. The first-order chi connectivity index (χ1) is 17.0. The molecule has 5 rings (SSSR count). The number of hydrogen-bond acceptors (Lipinski definition) is 4. The predicted octanol–water partition coefficient (Wildman–Crippen LogP) is 3.73. The highest BCUT2D eigenvalue weighted by molar-refractivity contribution is 7.88. The Morgan fingerprint density at radius 1 is 0.771 bits per heavy atom. The minimum absolute atomic E-state index is 0.0190. The molecule has 2 aliphatic rings. The van der Waals surface area contributed by atoms with Crippen molar-refractivity contribution in [1.29, 1.82) is 0 Å². The Morgan fingerprint density at radius 3 is 2.17 bits per heavy atom. The minimum Gasteiger partial charge on any atom is -0.340 e. The van der Waals surface area contributed by atoms with Gasteiger partial charge in [0.15, 0.2) is 0 Å². The van der Waals surface area contributed by atoms with E-state index in [1.54, 1.807) is 4.31 Å². The summed E-state index contributed by atoms with van der Waals surface area (Å²) in [5, 5.41) is 2.55. The van der Waals surface area contributed by atoms with Gasteiger partial charge in [0.1, 0.15) is 0 Å². The van der Waals surface area contributed by atoms with E-state index in [-0.39, 0.29) is 17.6 Å². The maximum Gasteiger partial charge on any atom is 0.225 e. The van der Waals surface area contributed by atoms with E-state index in [4.69, 9.17) is 0 Å². The molecular weight excluding hydrogens is 458 g/mol. The van der Waals surface area contributed by atoms with Crippen molar-refractivity contribution >= 4 is 26.7 Å². The van der Waals surface area contributed by atoms with Crippen molar-refractivity contribution in [3.8, 4) is 0 Å². The first-order valence-electron chi connectivity index (χ1n) is 12.5. The summed E-state index contributed by atoms with van der Waals surface area (Å²) >= 11 is 0. The van der Waals surface area contributed by atoms with Gasteiger partial charge in [0, 0.05) is 51.7 Å². The molecule has 0 aliphatic carbocycles. The largest absolute Gasteiger partial charge is 0.340 e. The van der Waals surface area contributed by atoms with Gasteiger partial charge in [-0.25, -0.2) is 12.7 Å². The third kappa shape index (κ3) is 5.58. The van der Waals surface area contributed by atoms with Gasteiger partial charge >= 0.3 is 0 Å². The van der Waals surface area contributed by atoms with E-state index in [0.717, 1.165) is 38.3 Å². The van der Waals surface area contributed by atoms with E-state index >= 15 is 0 Å². The second-order valence-corrected chi connectivity index (χ2v) is 11.6. The van der Waals surface area contributed by atoms with Gasteiger partial charge in [-0.3, -0.25) is 9.69 Å². The van der Waals surface area contributed by atoms with Crippen LogP contribution in [0.25, 0.3) is 10.8 Å². The van der Waals surface area contributed by atoms with Crippen molar-refractivity contribution in [3.05, 3.63) is 83.9 Å². The van der Waals surface area contributed by atoms with Gasteiger partial charge in [-0.2, -0.15) is 0 Å². The zero-order chi connectivity index (χ0) is 24.3. The van der Waals surface area contributed by atoms with Gasteiger partial charge in [-0.1, -0.05) is 72.8 Å². The molecule has 2 fully saturated rings. The summed E-state index contributed by atoms with van der Waals surface area (Å²) in [5.74, 6) is 0.128. The molecule has 7 heteroatoms. The van der Waals surface area contributed by atoms with Crippen LogP contribution >= 0.6 is 0 Å². The van der Waals surface area contributed by atoms with Crippen LogP contribution < -0.4 is 0 Å². The molecule has 3 aromatic carbocycles. The van der Waals surface area contributed by atoms with Crippen LogP contribution in [-0.2, 0) is 27.1 Å². The lowest BCUT2D eigenvalue weighted by molar-refractivity contribution is -0.138. The first-order valence-corrected chi connectivity index (χ1v) is 14.1. The van der Waals surface area contributed by atoms with Gasteiger partial charge in [-0.05, 0) is 34.7 Å². The normalized spacial score (nSPS) is 18.7. The Labute approximate surface area is 208 Å². The molecule has 1 amide bonds. The summed E-state index contributed by atoms with van der Waals surface area (Å²) in [5.41, 5.74) is 2.12. The van der Waals surface area contributed by atoms with Crippen LogP contribution in [0.2, 0.25) is 0 Å². The fourth-order valence-electron chi connectivity index (χ4n) is 5.31. The molecule has 0 atom stereocenters. The van der Waals surface area contributed by atoms with Crippen LogP contribution in [0, 0.1) is 5.92 Å². The van der Waals surface area contributed by atoms with Crippen molar-refractivity contribution in [2.45, 2.75) is 25.1 Å². The molecule has 0 spiro atoms. The second-order valence-electron chi connectivity index (χ2n) is 9.65. The molecule has 3 aromatic rings. The zero-order valence-electron chi connectivity index (χ0n) is 20.1. The zero-order valence-corrected chi connectivity index (χ0v) is 20.9. The predicted molar refractivity (Wildman–Crippen MR) is 139 cm³/mol. The number of carbonyl (C=O) groups is 1. The lowest BCUT2D eigenvalue weighted by Gasteiger charge is -2.38. The quantitative estimate of drug-likeness (QED) is 0.527. The summed E-state index contributed by atoms with van der Waals surface area (Å²) in [4.78, 5) is 17.6. The van der Waals surface area contributed by atoms with Crippen LogP contribution in [0.1, 0.15) is 24.0 Å². The minimum atomic E-state index is -3.36. The van der Waals surface area contributed by atoms with Crippen LogP contribution in [0.5, 0.6) is 0 Å². The first kappa shape index (κ1) is 24.0. The average Bonchev–Trinajstić information content (AvgIpc) is 2.89. The van der Waals surface area contributed by atoms with E-state index in [9.17, 15) is 13.2 Å². The molecular formula is C28H33N3O3S. The number of hydrogen-bond donors (Lipinski definition) is 0. The van der Waals surface area contributed by atoms with Crippen LogP contribution in [0.3, 0.4) is 0 Å². The van der Waals surface area contributed by atoms with E-state index in [2.05, 4.69) is 47.4 Å². The molecule has 6 nitrogen and oxygen atoms in total. The molecule has 0 unspecified atom stereocenters. The molecule has 35 heavy (non-hydrogen) atoms.